The Balaban J connectivity index is 2.18. The maximum absolute atomic E-state index is 6.12. The highest BCUT2D eigenvalue weighted by Crippen LogP contribution is 2.16. The molecular weight excluding hydrogens is 288 g/mol. The first-order chi connectivity index (χ1) is 10.2. The third kappa shape index (κ3) is 4.40. The highest BCUT2D eigenvalue weighted by molar-refractivity contribution is 6.30. The lowest BCUT2D eigenvalue weighted by Gasteiger charge is -2.08. The van der Waals surface area contributed by atoms with Crippen molar-refractivity contribution in [3.05, 3.63) is 35.1 Å². The SMILES string of the molecule is CC[C@@H](C#Cc1nc2ccccc2nc1Cl)OCCOC. The van der Waals surface area contributed by atoms with Crippen LogP contribution in [0.5, 0.6) is 0 Å². The highest BCUT2D eigenvalue weighted by atomic mass is 35.5. The second kappa shape index (κ2) is 7.94. The van der Waals surface area contributed by atoms with Crippen molar-refractivity contribution in [1.29, 1.82) is 0 Å². The van der Waals surface area contributed by atoms with Crippen LogP contribution in [0.1, 0.15) is 19.0 Å². The summed E-state index contributed by atoms with van der Waals surface area (Å²) in [6, 6.07) is 7.56. The van der Waals surface area contributed by atoms with Gasteiger partial charge in [0, 0.05) is 7.11 Å². The first-order valence-electron chi connectivity index (χ1n) is 6.79. The summed E-state index contributed by atoms with van der Waals surface area (Å²) in [6.07, 6.45) is 0.625. The number of nitrogens with zero attached hydrogens (tertiary/aromatic N) is 2. The van der Waals surface area contributed by atoms with Gasteiger partial charge in [-0.2, -0.15) is 0 Å². The van der Waals surface area contributed by atoms with Crippen molar-refractivity contribution < 1.29 is 9.47 Å². The zero-order chi connectivity index (χ0) is 15.1. The summed E-state index contributed by atoms with van der Waals surface area (Å²) < 4.78 is 10.5. The number of aromatic nitrogens is 2. The Morgan fingerprint density at radius 2 is 1.90 bits per heavy atom. The monoisotopic (exact) mass is 304 g/mol. The topological polar surface area (TPSA) is 44.2 Å². The fraction of sp³-hybridized carbons (Fsp3) is 0.375. The Hall–Kier alpha value is -1.67. The molecule has 0 unspecified atom stereocenters. The summed E-state index contributed by atoms with van der Waals surface area (Å²) in [4.78, 5) is 8.72. The van der Waals surface area contributed by atoms with Crippen LogP contribution in [0.15, 0.2) is 24.3 Å². The van der Waals surface area contributed by atoms with Gasteiger partial charge in [-0.1, -0.05) is 36.6 Å². The summed E-state index contributed by atoms with van der Waals surface area (Å²) >= 11 is 6.12. The van der Waals surface area contributed by atoms with Crippen LogP contribution in [-0.4, -0.2) is 36.4 Å². The molecule has 0 amide bonds. The van der Waals surface area contributed by atoms with Crippen molar-refractivity contribution in [3.8, 4) is 11.8 Å². The number of hydrogen-bond acceptors (Lipinski definition) is 4. The Morgan fingerprint density at radius 3 is 2.57 bits per heavy atom. The standard InChI is InChI=1S/C16H17ClN2O2/c1-3-12(21-11-10-20-2)8-9-15-16(17)19-14-7-5-4-6-13(14)18-15/h4-7,12H,3,10-11H2,1-2H3/t12-/m0/s1. The van der Waals surface area contributed by atoms with Crippen LogP contribution in [0.25, 0.3) is 11.0 Å². The predicted octanol–water partition coefficient (Wildman–Crippen LogP) is 3.08. The maximum atomic E-state index is 6.12. The van der Waals surface area contributed by atoms with Gasteiger partial charge in [0.05, 0.1) is 24.2 Å². The minimum Gasteiger partial charge on any atom is -0.382 e. The van der Waals surface area contributed by atoms with E-state index in [0.717, 1.165) is 17.5 Å². The number of hydrogen-bond donors (Lipinski definition) is 0. The zero-order valence-corrected chi connectivity index (χ0v) is 12.9. The molecule has 0 bridgehead atoms. The van der Waals surface area contributed by atoms with Crippen LogP contribution in [0.2, 0.25) is 5.15 Å². The van der Waals surface area contributed by atoms with Crippen molar-refractivity contribution >= 4 is 22.6 Å². The molecule has 0 aliphatic carbocycles. The molecule has 0 saturated heterocycles. The van der Waals surface area contributed by atoms with Gasteiger partial charge >= 0.3 is 0 Å². The molecule has 1 atom stereocenters. The summed E-state index contributed by atoms with van der Waals surface area (Å²) in [7, 11) is 1.64. The van der Waals surface area contributed by atoms with Crippen LogP contribution in [0.4, 0.5) is 0 Å². The molecule has 2 aromatic rings. The molecule has 5 heteroatoms. The Bertz CT molecular complexity index is 664. The number of benzene rings is 1. The van der Waals surface area contributed by atoms with E-state index < -0.39 is 0 Å². The van der Waals surface area contributed by atoms with Crippen molar-refractivity contribution in [2.45, 2.75) is 19.4 Å². The zero-order valence-electron chi connectivity index (χ0n) is 12.1. The lowest BCUT2D eigenvalue weighted by molar-refractivity contribution is 0.0423. The minimum atomic E-state index is -0.163. The van der Waals surface area contributed by atoms with Crippen molar-refractivity contribution in [2.24, 2.45) is 0 Å². The van der Waals surface area contributed by atoms with Crippen molar-refractivity contribution in [3.63, 3.8) is 0 Å². The average Bonchev–Trinajstić information content (AvgIpc) is 2.51. The van der Waals surface area contributed by atoms with Crippen LogP contribution >= 0.6 is 11.6 Å². The molecule has 0 N–H and O–H groups in total. The van der Waals surface area contributed by atoms with E-state index in [9.17, 15) is 0 Å². The van der Waals surface area contributed by atoms with E-state index in [0.29, 0.717) is 24.1 Å². The molecule has 0 aliphatic rings. The molecule has 110 valence electrons. The lowest BCUT2D eigenvalue weighted by Crippen LogP contribution is -2.13. The van der Waals surface area contributed by atoms with E-state index in [4.69, 9.17) is 21.1 Å². The maximum Gasteiger partial charge on any atom is 0.164 e. The Labute approximate surface area is 129 Å². The quantitative estimate of drug-likeness (QED) is 0.629. The van der Waals surface area contributed by atoms with Crippen LogP contribution in [-0.2, 0) is 9.47 Å². The molecule has 2 rings (SSSR count). The number of methoxy groups -OCH3 is 1. The number of halogens is 1. The molecule has 0 radical (unpaired) electrons. The second-order valence-corrected chi connectivity index (χ2v) is 4.74. The van der Waals surface area contributed by atoms with Gasteiger partial charge in [0.1, 0.15) is 6.10 Å². The molecule has 4 nitrogen and oxygen atoms in total. The first-order valence-corrected chi connectivity index (χ1v) is 7.16. The van der Waals surface area contributed by atoms with E-state index in [2.05, 4.69) is 21.8 Å². The molecule has 0 fully saturated rings. The first kappa shape index (κ1) is 15.7. The van der Waals surface area contributed by atoms with Crippen molar-refractivity contribution in [2.75, 3.05) is 20.3 Å². The minimum absolute atomic E-state index is 0.163. The third-order valence-corrected chi connectivity index (χ3v) is 3.12. The van der Waals surface area contributed by atoms with Gasteiger partial charge in [-0.15, -0.1) is 0 Å². The molecule has 21 heavy (non-hydrogen) atoms. The number of fused-ring (bicyclic) bond motifs is 1. The number of rotatable bonds is 5. The smallest absolute Gasteiger partial charge is 0.164 e. The fourth-order valence-electron chi connectivity index (χ4n) is 1.74. The van der Waals surface area contributed by atoms with Gasteiger partial charge in [-0.05, 0) is 24.5 Å². The van der Waals surface area contributed by atoms with E-state index in [1.165, 1.54) is 0 Å². The number of ether oxygens (including phenoxy) is 2. The largest absolute Gasteiger partial charge is 0.382 e. The highest BCUT2D eigenvalue weighted by Gasteiger charge is 2.05. The van der Waals surface area contributed by atoms with Crippen LogP contribution in [0.3, 0.4) is 0 Å². The normalized spacial score (nSPS) is 12.0. The van der Waals surface area contributed by atoms with E-state index >= 15 is 0 Å². The molecule has 0 spiro atoms. The van der Waals surface area contributed by atoms with Crippen LogP contribution < -0.4 is 0 Å². The van der Waals surface area contributed by atoms with Gasteiger partial charge in [0.2, 0.25) is 0 Å². The van der Waals surface area contributed by atoms with Gasteiger partial charge in [-0.25, -0.2) is 9.97 Å². The fourth-order valence-corrected chi connectivity index (χ4v) is 1.92. The van der Waals surface area contributed by atoms with Gasteiger partial charge < -0.3 is 9.47 Å². The summed E-state index contributed by atoms with van der Waals surface area (Å²) in [5, 5.41) is 0.313. The molecular formula is C16H17ClN2O2. The van der Waals surface area contributed by atoms with E-state index in [1.54, 1.807) is 7.11 Å². The van der Waals surface area contributed by atoms with E-state index in [1.807, 2.05) is 31.2 Å². The Kier molecular flexibility index (Phi) is 5.94. The summed E-state index contributed by atoms with van der Waals surface area (Å²) in [6.45, 7) is 3.08. The lowest BCUT2D eigenvalue weighted by atomic mass is 10.2. The molecule has 0 saturated carbocycles. The van der Waals surface area contributed by atoms with Gasteiger partial charge in [0.25, 0.3) is 0 Å². The molecule has 1 heterocycles. The average molecular weight is 305 g/mol. The molecule has 1 aromatic heterocycles. The Morgan fingerprint density at radius 1 is 1.19 bits per heavy atom. The molecule has 1 aromatic carbocycles. The summed E-state index contributed by atoms with van der Waals surface area (Å²) in [5.74, 6) is 6.00. The predicted molar refractivity (Wildman–Crippen MR) is 83.3 cm³/mol. The van der Waals surface area contributed by atoms with Gasteiger partial charge in [0.15, 0.2) is 10.8 Å². The number of para-hydroxylation sites is 2. The van der Waals surface area contributed by atoms with Crippen molar-refractivity contribution in [1.82, 2.24) is 9.97 Å². The second-order valence-electron chi connectivity index (χ2n) is 4.38. The van der Waals surface area contributed by atoms with Crippen LogP contribution in [0, 0.1) is 11.8 Å². The van der Waals surface area contributed by atoms with Gasteiger partial charge in [-0.3, -0.25) is 0 Å². The third-order valence-electron chi connectivity index (χ3n) is 2.86. The molecule has 0 aliphatic heterocycles. The van der Waals surface area contributed by atoms with E-state index in [-0.39, 0.29) is 6.10 Å². The summed E-state index contributed by atoms with van der Waals surface area (Å²) in [5.41, 5.74) is 2.01.